The summed E-state index contributed by atoms with van der Waals surface area (Å²) < 4.78 is 10.3. The van der Waals surface area contributed by atoms with Crippen molar-refractivity contribution < 1.29 is 24.2 Å². The molecular formula is C15H22N2O5. The number of carbonyl (C=O) groups is 2. The molecule has 2 amide bonds. The number of para-hydroxylation sites is 1. The molecule has 0 aliphatic carbocycles. The molecule has 122 valence electrons. The highest BCUT2D eigenvalue weighted by molar-refractivity contribution is 5.95. The molecule has 1 rings (SSSR count). The van der Waals surface area contributed by atoms with E-state index in [0.717, 1.165) is 0 Å². The highest BCUT2D eigenvalue weighted by atomic mass is 16.5. The number of benzene rings is 1. The summed E-state index contributed by atoms with van der Waals surface area (Å²) in [6.45, 7) is 3.78. The van der Waals surface area contributed by atoms with Crippen LogP contribution in [-0.4, -0.2) is 37.4 Å². The monoisotopic (exact) mass is 310 g/mol. The first-order chi connectivity index (χ1) is 10.4. The molecule has 1 aromatic carbocycles. The van der Waals surface area contributed by atoms with Gasteiger partial charge in [-0.3, -0.25) is 0 Å². The van der Waals surface area contributed by atoms with Crippen LogP contribution in [0.2, 0.25) is 0 Å². The lowest BCUT2D eigenvalue weighted by Gasteiger charge is -2.18. The van der Waals surface area contributed by atoms with Crippen molar-refractivity contribution in [1.82, 2.24) is 5.32 Å². The summed E-state index contributed by atoms with van der Waals surface area (Å²) in [4.78, 5) is 23.2. The summed E-state index contributed by atoms with van der Waals surface area (Å²) >= 11 is 0. The Bertz CT molecular complexity index is 508. The smallest absolute Gasteiger partial charge is 0.326 e. The number of anilines is 1. The molecule has 0 heterocycles. The molecule has 1 atom stereocenters. The normalized spacial score (nSPS) is 11.7. The minimum absolute atomic E-state index is 0.141. The third-order valence-corrected chi connectivity index (χ3v) is 2.98. The van der Waals surface area contributed by atoms with E-state index in [0.29, 0.717) is 23.6 Å². The number of rotatable bonds is 7. The molecule has 0 bridgehead atoms. The van der Waals surface area contributed by atoms with Crippen molar-refractivity contribution in [3.63, 3.8) is 0 Å². The number of carboxylic acid groups (broad SMARTS) is 1. The van der Waals surface area contributed by atoms with Gasteiger partial charge in [0.2, 0.25) is 0 Å². The molecule has 0 saturated heterocycles. The number of methoxy groups -OCH3 is 2. The van der Waals surface area contributed by atoms with E-state index in [2.05, 4.69) is 10.6 Å². The standard InChI is InChI=1S/C15H22N2O5/c1-9(2)8-10(14(18)19)16-15(20)17-13-11(21-3)6-5-7-12(13)22-4/h5-7,9-10H,8H2,1-4H3,(H,18,19)(H2,16,17,20). The van der Waals surface area contributed by atoms with Gasteiger partial charge in [-0.25, -0.2) is 9.59 Å². The van der Waals surface area contributed by atoms with Gasteiger partial charge in [0.05, 0.1) is 14.2 Å². The summed E-state index contributed by atoms with van der Waals surface area (Å²) in [5.74, 6) is -0.0893. The molecule has 0 aliphatic heterocycles. The molecule has 0 radical (unpaired) electrons. The van der Waals surface area contributed by atoms with E-state index in [1.54, 1.807) is 18.2 Å². The number of nitrogens with one attached hydrogen (secondary N) is 2. The second kappa shape index (κ2) is 8.11. The van der Waals surface area contributed by atoms with E-state index in [1.807, 2.05) is 13.8 Å². The van der Waals surface area contributed by atoms with Gasteiger partial charge in [-0.1, -0.05) is 19.9 Å². The Balaban J connectivity index is 2.86. The van der Waals surface area contributed by atoms with E-state index >= 15 is 0 Å². The first kappa shape index (κ1) is 17.6. The predicted molar refractivity (Wildman–Crippen MR) is 82.6 cm³/mol. The van der Waals surface area contributed by atoms with Crippen molar-refractivity contribution in [2.75, 3.05) is 19.5 Å². The molecule has 7 heteroatoms. The third kappa shape index (κ3) is 4.83. The van der Waals surface area contributed by atoms with Crippen molar-refractivity contribution in [3.05, 3.63) is 18.2 Å². The van der Waals surface area contributed by atoms with Gasteiger partial charge in [0.1, 0.15) is 23.2 Å². The Morgan fingerprint density at radius 2 is 1.73 bits per heavy atom. The lowest BCUT2D eigenvalue weighted by molar-refractivity contribution is -0.139. The first-order valence-electron chi connectivity index (χ1n) is 6.90. The third-order valence-electron chi connectivity index (χ3n) is 2.98. The zero-order chi connectivity index (χ0) is 16.7. The maximum absolute atomic E-state index is 12.0. The average Bonchev–Trinajstić information content (AvgIpc) is 2.46. The zero-order valence-corrected chi connectivity index (χ0v) is 13.2. The van der Waals surface area contributed by atoms with Crippen LogP contribution in [0.25, 0.3) is 0 Å². The van der Waals surface area contributed by atoms with Crippen molar-refractivity contribution >= 4 is 17.7 Å². The van der Waals surface area contributed by atoms with E-state index in [4.69, 9.17) is 14.6 Å². The van der Waals surface area contributed by atoms with Crippen molar-refractivity contribution in [1.29, 1.82) is 0 Å². The average molecular weight is 310 g/mol. The van der Waals surface area contributed by atoms with E-state index in [9.17, 15) is 9.59 Å². The zero-order valence-electron chi connectivity index (χ0n) is 13.2. The largest absolute Gasteiger partial charge is 0.494 e. The second-order valence-corrected chi connectivity index (χ2v) is 5.16. The van der Waals surface area contributed by atoms with Crippen LogP contribution < -0.4 is 20.1 Å². The molecular weight excluding hydrogens is 288 g/mol. The molecule has 0 aromatic heterocycles. The number of hydrogen-bond donors (Lipinski definition) is 3. The summed E-state index contributed by atoms with van der Waals surface area (Å²) in [7, 11) is 2.94. The molecule has 0 spiro atoms. The SMILES string of the molecule is COc1cccc(OC)c1NC(=O)NC(CC(C)C)C(=O)O. The number of urea groups is 1. The number of amides is 2. The number of hydrogen-bond acceptors (Lipinski definition) is 4. The van der Waals surface area contributed by atoms with Gasteiger partial charge in [-0.05, 0) is 24.5 Å². The Morgan fingerprint density at radius 3 is 2.14 bits per heavy atom. The molecule has 3 N–H and O–H groups in total. The van der Waals surface area contributed by atoms with Crippen molar-refractivity contribution in [3.8, 4) is 11.5 Å². The summed E-state index contributed by atoms with van der Waals surface area (Å²) in [6.07, 6.45) is 0.339. The molecule has 7 nitrogen and oxygen atoms in total. The first-order valence-corrected chi connectivity index (χ1v) is 6.90. The molecule has 0 aliphatic rings. The minimum Gasteiger partial charge on any atom is -0.494 e. The van der Waals surface area contributed by atoms with Crippen LogP contribution in [0.4, 0.5) is 10.5 Å². The van der Waals surface area contributed by atoms with Gasteiger partial charge in [0.25, 0.3) is 0 Å². The Kier molecular flexibility index (Phi) is 6.49. The van der Waals surface area contributed by atoms with E-state index < -0.39 is 18.0 Å². The fraction of sp³-hybridized carbons (Fsp3) is 0.467. The van der Waals surface area contributed by atoms with Gasteiger partial charge >= 0.3 is 12.0 Å². The van der Waals surface area contributed by atoms with E-state index in [1.165, 1.54) is 14.2 Å². The lowest BCUT2D eigenvalue weighted by atomic mass is 10.0. The van der Waals surface area contributed by atoms with Gasteiger partial charge in [-0.2, -0.15) is 0 Å². The Morgan fingerprint density at radius 1 is 1.18 bits per heavy atom. The molecule has 0 fully saturated rings. The van der Waals surface area contributed by atoms with Crippen LogP contribution in [-0.2, 0) is 4.79 Å². The lowest BCUT2D eigenvalue weighted by Crippen LogP contribution is -2.43. The molecule has 1 unspecified atom stereocenters. The summed E-state index contributed by atoms with van der Waals surface area (Å²) in [5.41, 5.74) is 0.346. The predicted octanol–water partition coefficient (Wildman–Crippen LogP) is 2.32. The van der Waals surface area contributed by atoms with Crippen LogP contribution in [0.1, 0.15) is 20.3 Å². The quantitative estimate of drug-likeness (QED) is 0.718. The van der Waals surface area contributed by atoms with Gasteiger partial charge < -0.3 is 25.2 Å². The topological polar surface area (TPSA) is 96.9 Å². The maximum Gasteiger partial charge on any atom is 0.326 e. The highest BCUT2D eigenvalue weighted by Crippen LogP contribution is 2.33. The molecule has 1 aromatic rings. The Labute approximate surface area is 129 Å². The van der Waals surface area contributed by atoms with Crippen LogP contribution in [0.15, 0.2) is 18.2 Å². The van der Waals surface area contributed by atoms with Crippen LogP contribution in [0, 0.1) is 5.92 Å². The number of carbonyl (C=O) groups excluding carboxylic acids is 1. The second-order valence-electron chi connectivity index (χ2n) is 5.16. The van der Waals surface area contributed by atoms with Crippen LogP contribution in [0.5, 0.6) is 11.5 Å². The van der Waals surface area contributed by atoms with E-state index in [-0.39, 0.29) is 5.92 Å². The van der Waals surface area contributed by atoms with Crippen LogP contribution >= 0.6 is 0 Å². The van der Waals surface area contributed by atoms with Gasteiger partial charge in [0.15, 0.2) is 0 Å². The Hall–Kier alpha value is -2.44. The fourth-order valence-electron chi connectivity index (χ4n) is 1.98. The fourth-order valence-corrected chi connectivity index (χ4v) is 1.98. The van der Waals surface area contributed by atoms with Crippen LogP contribution in [0.3, 0.4) is 0 Å². The minimum atomic E-state index is -1.07. The summed E-state index contributed by atoms with van der Waals surface area (Å²) in [5, 5.41) is 14.2. The molecule has 22 heavy (non-hydrogen) atoms. The van der Waals surface area contributed by atoms with Crippen molar-refractivity contribution in [2.45, 2.75) is 26.3 Å². The van der Waals surface area contributed by atoms with Gasteiger partial charge in [-0.15, -0.1) is 0 Å². The highest BCUT2D eigenvalue weighted by Gasteiger charge is 2.22. The van der Waals surface area contributed by atoms with Crippen molar-refractivity contribution in [2.24, 2.45) is 5.92 Å². The number of aliphatic carboxylic acids is 1. The van der Waals surface area contributed by atoms with Gasteiger partial charge in [0, 0.05) is 0 Å². The summed E-state index contributed by atoms with van der Waals surface area (Å²) in [6, 6.07) is 3.47. The number of carboxylic acids is 1. The molecule has 0 saturated carbocycles. The number of ether oxygens (including phenoxy) is 2. The maximum atomic E-state index is 12.0.